The van der Waals surface area contributed by atoms with Crippen LogP contribution in [0, 0.1) is 6.92 Å². The van der Waals surface area contributed by atoms with Crippen LogP contribution in [0.15, 0.2) is 66.7 Å². The summed E-state index contributed by atoms with van der Waals surface area (Å²) in [7, 11) is 0. The Morgan fingerprint density at radius 3 is 2.25 bits per heavy atom. The average molecular weight is 542 g/mol. The third kappa shape index (κ3) is 7.30. The second-order valence-electron chi connectivity index (χ2n) is 11.0. The first-order valence-electron chi connectivity index (χ1n) is 14.6. The number of carboxylic acid groups (broad SMARTS) is 1. The Balaban J connectivity index is 0.00000118. The minimum atomic E-state index is -0.250. The zero-order chi connectivity index (χ0) is 28.5. The van der Waals surface area contributed by atoms with Crippen molar-refractivity contribution in [2.75, 3.05) is 23.3 Å². The van der Waals surface area contributed by atoms with E-state index in [2.05, 4.69) is 90.8 Å². The molecular weight excluding hydrogens is 498 g/mol. The summed E-state index contributed by atoms with van der Waals surface area (Å²) in [6.45, 7) is 9.25. The molecule has 0 aliphatic carbocycles. The molecule has 1 fully saturated rings. The summed E-state index contributed by atoms with van der Waals surface area (Å²) < 4.78 is 0. The van der Waals surface area contributed by atoms with Gasteiger partial charge in [0.15, 0.2) is 0 Å². The molecule has 1 amide bonds. The van der Waals surface area contributed by atoms with Gasteiger partial charge >= 0.3 is 0 Å². The molecule has 1 saturated heterocycles. The fourth-order valence-corrected chi connectivity index (χ4v) is 6.11. The van der Waals surface area contributed by atoms with E-state index in [0.29, 0.717) is 0 Å². The molecule has 5 rings (SSSR count). The summed E-state index contributed by atoms with van der Waals surface area (Å²) in [6, 6.07) is 24.7. The molecule has 0 bridgehead atoms. The van der Waals surface area contributed by atoms with E-state index >= 15 is 0 Å². The maximum absolute atomic E-state index is 12.8. The first-order valence-corrected chi connectivity index (χ1v) is 14.6. The van der Waals surface area contributed by atoms with Crippen LogP contribution in [0.2, 0.25) is 0 Å². The number of rotatable bonds is 7. The molecule has 40 heavy (non-hydrogen) atoms. The molecule has 3 aromatic carbocycles. The lowest BCUT2D eigenvalue weighted by atomic mass is 9.86. The van der Waals surface area contributed by atoms with Gasteiger partial charge < -0.3 is 15.3 Å². The van der Waals surface area contributed by atoms with Gasteiger partial charge in [-0.25, -0.2) is 0 Å². The minimum absolute atomic E-state index is 0.128. The standard InChI is InChI=1S/C33H41N3O.CH2O2/c1-4-8-30-22-32(34-29-16-9-24(2)10-17-29)31-21-28(15-18-33(31)36(30)25(3)37)27-13-11-26(12-14-27)23-35-19-6-5-7-20-35;2-1-3/h9-18,21,30,32,34H,4-8,19-20,22-23H2,1-3H3;1H,(H,2,3)/t30-,32+;/m1./s1. The van der Waals surface area contributed by atoms with Crippen molar-refractivity contribution in [3.8, 4) is 11.1 Å². The normalized spacial score (nSPS) is 18.7. The molecule has 0 radical (unpaired) electrons. The van der Waals surface area contributed by atoms with Crippen LogP contribution < -0.4 is 10.2 Å². The first kappa shape index (κ1) is 29.3. The second-order valence-corrected chi connectivity index (χ2v) is 11.0. The van der Waals surface area contributed by atoms with Gasteiger partial charge in [-0.15, -0.1) is 0 Å². The van der Waals surface area contributed by atoms with Crippen LogP contribution >= 0.6 is 0 Å². The molecule has 0 saturated carbocycles. The number of amides is 1. The Morgan fingerprint density at radius 2 is 1.62 bits per heavy atom. The zero-order valence-corrected chi connectivity index (χ0v) is 24.1. The van der Waals surface area contributed by atoms with Crippen molar-refractivity contribution >= 4 is 23.8 Å². The van der Waals surface area contributed by atoms with Crippen molar-refractivity contribution in [2.24, 2.45) is 0 Å². The molecule has 0 aromatic heterocycles. The summed E-state index contributed by atoms with van der Waals surface area (Å²) in [5.74, 6) is 0.128. The maximum Gasteiger partial charge on any atom is 0.290 e. The molecule has 2 atom stereocenters. The third-order valence-corrected chi connectivity index (χ3v) is 8.03. The first-order chi connectivity index (χ1) is 19.4. The smallest absolute Gasteiger partial charge is 0.290 e. The summed E-state index contributed by atoms with van der Waals surface area (Å²) >= 11 is 0. The summed E-state index contributed by atoms with van der Waals surface area (Å²) in [6.07, 6.45) is 6.98. The molecule has 6 nitrogen and oxygen atoms in total. The van der Waals surface area contributed by atoms with Gasteiger partial charge in [0.2, 0.25) is 5.91 Å². The molecule has 2 N–H and O–H groups in total. The molecule has 2 aliphatic rings. The fraction of sp³-hybridized carbons (Fsp3) is 0.412. The van der Waals surface area contributed by atoms with Crippen LogP contribution in [0.3, 0.4) is 0 Å². The van der Waals surface area contributed by atoms with E-state index in [9.17, 15) is 4.79 Å². The Labute approximate surface area is 239 Å². The van der Waals surface area contributed by atoms with Crippen LogP contribution in [0.4, 0.5) is 11.4 Å². The van der Waals surface area contributed by atoms with Crippen LogP contribution in [0.25, 0.3) is 11.1 Å². The number of carbonyl (C=O) groups is 2. The van der Waals surface area contributed by atoms with Crippen LogP contribution in [-0.4, -0.2) is 41.5 Å². The predicted molar refractivity (Wildman–Crippen MR) is 164 cm³/mol. The van der Waals surface area contributed by atoms with Crippen molar-refractivity contribution < 1.29 is 14.7 Å². The van der Waals surface area contributed by atoms with E-state index in [-0.39, 0.29) is 24.5 Å². The number of nitrogens with zero attached hydrogens (tertiary/aromatic N) is 2. The van der Waals surface area contributed by atoms with Gasteiger partial charge in [-0.05, 0) is 92.2 Å². The number of hydrogen-bond acceptors (Lipinski definition) is 4. The van der Waals surface area contributed by atoms with E-state index in [1.54, 1.807) is 6.92 Å². The lowest BCUT2D eigenvalue weighted by molar-refractivity contribution is -0.123. The highest BCUT2D eigenvalue weighted by Gasteiger charge is 2.34. The second kappa shape index (κ2) is 14.1. The van der Waals surface area contributed by atoms with Crippen molar-refractivity contribution in [3.05, 3.63) is 83.4 Å². The highest BCUT2D eigenvalue weighted by molar-refractivity contribution is 5.94. The highest BCUT2D eigenvalue weighted by Crippen LogP contribution is 2.42. The molecule has 6 heteroatoms. The molecule has 3 aromatic rings. The summed E-state index contributed by atoms with van der Waals surface area (Å²) in [5, 5.41) is 10.7. The molecule has 2 aliphatic heterocycles. The van der Waals surface area contributed by atoms with Gasteiger partial charge in [0, 0.05) is 30.9 Å². The zero-order valence-electron chi connectivity index (χ0n) is 24.1. The Kier molecular flexibility index (Phi) is 10.4. The molecule has 0 unspecified atom stereocenters. The Morgan fingerprint density at radius 1 is 0.975 bits per heavy atom. The van der Waals surface area contributed by atoms with E-state index in [1.807, 2.05) is 4.90 Å². The van der Waals surface area contributed by atoms with E-state index in [0.717, 1.165) is 37.2 Å². The van der Waals surface area contributed by atoms with Gasteiger partial charge in [-0.3, -0.25) is 14.5 Å². The molecule has 212 valence electrons. The number of piperidine rings is 1. The summed E-state index contributed by atoms with van der Waals surface area (Å²) in [5.41, 5.74) is 8.45. The van der Waals surface area contributed by atoms with Gasteiger partial charge in [-0.1, -0.05) is 67.8 Å². The van der Waals surface area contributed by atoms with Crippen molar-refractivity contribution in [1.82, 2.24) is 4.90 Å². The van der Waals surface area contributed by atoms with Crippen molar-refractivity contribution in [3.63, 3.8) is 0 Å². The number of anilines is 2. The van der Waals surface area contributed by atoms with Crippen molar-refractivity contribution in [1.29, 1.82) is 0 Å². The maximum atomic E-state index is 12.8. The van der Waals surface area contributed by atoms with Crippen LogP contribution in [0.5, 0.6) is 0 Å². The van der Waals surface area contributed by atoms with Crippen molar-refractivity contribution in [2.45, 2.75) is 77.9 Å². The van der Waals surface area contributed by atoms with Crippen LogP contribution in [0.1, 0.15) is 75.1 Å². The van der Waals surface area contributed by atoms with Gasteiger partial charge in [0.25, 0.3) is 6.47 Å². The number of nitrogens with one attached hydrogen (secondary N) is 1. The number of hydrogen-bond donors (Lipinski definition) is 2. The average Bonchev–Trinajstić information content (AvgIpc) is 2.95. The molecular formula is C34H43N3O3. The minimum Gasteiger partial charge on any atom is -0.483 e. The number of benzene rings is 3. The van der Waals surface area contributed by atoms with Gasteiger partial charge in [-0.2, -0.15) is 0 Å². The van der Waals surface area contributed by atoms with E-state index in [4.69, 9.17) is 9.90 Å². The topological polar surface area (TPSA) is 72.9 Å². The van der Waals surface area contributed by atoms with Gasteiger partial charge in [0.05, 0.1) is 6.04 Å². The third-order valence-electron chi connectivity index (χ3n) is 8.03. The SMILES string of the molecule is CCC[C@@H]1C[C@H](Nc2ccc(C)cc2)c2cc(-c3ccc(CN4CCCCC4)cc3)ccc2N1C(C)=O.O=CO. The largest absolute Gasteiger partial charge is 0.483 e. The summed E-state index contributed by atoms with van der Waals surface area (Å²) in [4.78, 5) is 25.8. The number of fused-ring (bicyclic) bond motifs is 1. The Bertz CT molecular complexity index is 1250. The number of aryl methyl sites for hydroxylation is 1. The fourth-order valence-electron chi connectivity index (χ4n) is 6.11. The van der Waals surface area contributed by atoms with E-state index < -0.39 is 0 Å². The molecule has 2 heterocycles. The quantitative estimate of drug-likeness (QED) is 0.304. The highest BCUT2D eigenvalue weighted by atomic mass is 16.3. The number of carbonyl (C=O) groups excluding carboxylic acids is 1. The number of likely N-dealkylation sites (tertiary alicyclic amines) is 1. The lowest BCUT2D eigenvalue weighted by Crippen LogP contribution is -2.44. The van der Waals surface area contributed by atoms with Gasteiger partial charge in [0.1, 0.15) is 0 Å². The Hall–Kier alpha value is -3.64. The van der Waals surface area contributed by atoms with E-state index in [1.165, 1.54) is 60.2 Å². The van der Waals surface area contributed by atoms with Crippen LogP contribution in [-0.2, 0) is 16.1 Å². The monoisotopic (exact) mass is 541 g/mol. The lowest BCUT2D eigenvalue weighted by Gasteiger charge is -2.41. The molecule has 0 spiro atoms. The predicted octanol–water partition coefficient (Wildman–Crippen LogP) is 7.43.